The molecule has 0 saturated carbocycles. The Balaban J connectivity index is 1.55. The van der Waals surface area contributed by atoms with Crippen molar-refractivity contribution in [2.75, 3.05) is 18.6 Å². The zero-order chi connectivity index (χ0) is 29.1. The SMILES string of the molecule is CCOc1ccc([C@@H]2C(=C(O)c3ccc(OC)c(F)c3)C(=O)C(=O)N2c2nnc(SCc3ccccc3Cl)s2)cc1. The van der Waals surface area contributed by atoms with Crippen molar-refractivity contribution in [3.63, 3.8) is 0 Å². The lowest BCUT2D eigenvalue weighted by Crippen LogP contribution is -2.29. The Bertz CT molecular complexity index is 1640. The molecule has 3 aromatic carbocycles. The van der Waals surface area contributed by atoms with Crippen molar-refractivity contribution < 1.29 is 28.6 Å². The summed E-state index contributed by atoms with van der Waals surface area (Å²) in [6.45, 7) is 2.31. The van der Waals surface area contributed by atoms with E-state index in [-0.39, 0.29) is 22.0 Å². The molecular weight excluding hydrogens is 589 g/mol. The first kappa shape index (κ1) is 28.6. The molecule has 1 N–H and O–H groups in total. The molecule has 5 rings (SSSR count). The zero-order valence-electron chi connectivity index (χ0n) is 21.8. The summed E-state index contributed by atoms with van der Waals surface area (Å²) in [5.74, 6) is -1.98. The average Bonchev–Trinajstić information content (AvgIpc) is 3.54. The first-order valence-electron chi connectivity index (χ1n) is 12.4. The van der Waals surface area contributed by atoms with Gasteiger partial charge in [-0.3, -0.25) is 14.5 Å². The summed E-state index contributed by atoms with van der Waals surface area (Å²) < 4.78 is 25.6. The summed E-state index contributed by atoms with van der Waals surface area (Å²) in [6, 6.07) is 17.0. The number of methoxy groups -OCH3 is 1. The second-order valence-electron chi connectivity index (χ2n) is 8.75. The normalized spacial score (nSPS) is 16.3. The Morgan fingerprint density at radius 3 is 2.56 bits per heavy atom. The predicted octanol–water partition coefficient (Wildman–Crippen LogP) is 6.66. The van der Waals surface area contributed by atoms with Gasteiger partial charge in [0.15, 0.2) is 15.9 Å². The number of nitrogens with zero attached hydrogens (tertiary/aromatic N) is 3. The summed E-state index contributed by atoms with van der Waals surface area (Å²) in [7, 11) is 1.32. The van der Waals surface area contributed by atoms with Crippen LogP contribution in [0.25, 0.3) is 5.76 Å². The largest absolute Gasteiger partial charge is 0.507 e. The van der Waals surface area contributed by atoms with Crippen LogP contribution in [0.15, 0.2) is 76.6 Å². The van der Waals surface area contributed by atoms with Crippen LogP contribution in [0.1, 0.15) is 29.7 Å². The number of rotatable bonds is 9. The fourth-order valence-corrected chi connectivity index (χ4v) is 6.49. The van der Waals surface area contributed by atoms with E-state index in [1.807, 2.05) is 25.1 Å². The van der Waals surface area contributed by atoms with Crippen molar-refractivity contribution >= 4 is 57.3 Å². The van der Waals surface area contributed by atoms with E-state index in [0.29, 0.717) is 33.0 Å². The maximum absolute atomic E-state index is 14.5. The maximum Gasteiger partial charge on any atom is 0.301 e. The Labute approximate surface area is 248 Å². The number of benzene rings is 3. The van der Waals surface area contributed by atoms with Crippen LogP contribution in [0.2, 0.25) is 5.02 Å². The van der Waals surface area contributed by atoms with Gasteiger partial charge in [0.2, 0.25) is 5.13 Å². The third-order valence-corrected chi connectivity index (χ3v) is 8.76. The third-order valence-electron chi connectivity index (χ3n) is 6.29. The molecule has 1 amide bonds. The van der Waals surface area contributed by atoms with Crippen molar-refractivity contribution in [3.8, 4) is 11.5 Å². The molecule has 0 bridgehead atoms. The van der Waals surface area contributed by atoms with Gasteiger partial charge >= 0.3 is 5.91 Å². The molecule has 4 aromatic rings. The number of anilines is 1. The van der Waals surface area contributed by atoms with E-state index in [4.69, 9.17) is 21.1 Å². The van der Waals surface area contributed by atoms with E-state index in [2.05, 4.69) is 10.2 Å². The van der Waals surface area contributed by atoms with E-state index < -0.39 is 29.3 Å². The standard InChI is InChI=1S/C29H23ClFN3O5S2/c1-3-39-19-11-8-16(9-12-19)24-23(25(35)17-10-13-22(38-2)21(31)14-17)26(36)27(37)34(24)28-32-33-29(41-28)40-15-18-6-4-5-7-20(18)30/h4-14,24,35H,3,15H2,1-2H3/t24-/m1/s1. The highest BCUT2D eigenvalue weighted by Gasteiger charge is 2.48. The number of carbonyl (C=O) groups excluding carboxylic acids is 2. The van der Waals surface area contributed by atoms with Crippen LogP contribution in [0.5, 0.6) is 11.5 Å². The Morgan fingerprint density at radius 1 is 1.12 bits per heavy atom. The number of thioether (sulfide) groups is 1. The van der Waals surface area contributed by atoms with Crippen LogP contribution in [0.4, 0.5) is 9.52 Å². The Morgan fingerprint density at radius 2 is 1.88 bits per heavy atom. The lowest BCUT2D eigenvalue weighted by atomic mass is 9.95. The van der Waals surface area contributed by atoms with E-state index in [1.54, 1.807) is 30.3 Å². The molecule has 1 atom stereocenters. The minimum Gasteiger partial charge on any atom is -0.507 e. The minimum atomic E-state index is -1.05. The predicted molar refractivity (Wildman–Crippen MR) is 156 cm³/mol. The number of carbonyl (C=O) groups is 2. The van der Waals surface area contributed by atoms with Gasteiger partial charge in [0.1, 0.15) is 11.5 Å². The van der Waals surface area contributed by atoms with E-state index >= 15 is 0 Å². The van der Waals surface area contributed by atoms with Crippen molar-refractivity contribution in [2.45, 2.75) is 23.1 Å². The van der Waals surface area contributed by atoms with Gasteiger partial charge < -0.3 is 14.6 Å². The lowest BCUT2D eigenvalue weighted by molar-refractivity contribution is -0.132. The molecule has 1 aromatic heterocycles. The Hall–Kier alpha value is -3.93. The highest BCUT2D eigenvalue weighted by atomic mass is 35.5. The van der Waals surface area contributed by atoms with Crippen molar-refractivity contribution in [1.82, 2.24) is 10.2 Å². The highest BCUT2D eigenvalue weighted by Crippen LogP contribution is 2.44. The first-order valence-corrected chi connectivity index (χ1v) is 14.6. The molecule has 1 aliphatic rings. The van der Waals surface area contributed by atoms with Crippen LogP contribution >= 0.6 is 34.7 Å². The van der Waals surface area contributed by atoms with Crippen LogP contribution in [0.3, 0.4) is 0 Å². The van der Waals surface area contributed by atoms with Crippen LogP contribution < -0.4 is 14.4 Å². The quantitative estimate of drug-likeness (QED) is 0.0737. The fourth-order valence-electron chi connectivity index (χ4n) is 4.34. The van der Waals surface area contributed by atoms with E-state index in [0.717, 1.165) is 23.0 Å². The number of Topliss-reactive ketones (excluding diaryl/α,β-unsaturated/α-hetero) is 1. The first-order chi connectivity index (χ1) is 19.8. The van der Waals surface area contributed by atoms with Crippen molar-refractivity contribution in [2.24, 2.45) is 0 Å². The van der Waals surface area contributed by atoms with E-state index in [1.165, 1.54) is 35.9 Å². The van der Waals surface area contributed by atoms with Gasteiger partial charge in [0.05, 0.1) is 25.3 Å². The molecule has 8 nitrogen and oxygen atoms in total. The molecule has 41 heavy (non-hydrogen) atoms. The number of ether oxygens (including phenoxy) is 2. The number of halogens is 2. The summed E-state index contributed by atoms with van der Waals surface area (Å²) in [5, 5.41) is 20.5. The molecule has 2 heterocycles. The van der Waals surface area contributed by atoms with E-state index in [9.17, 15) is 19.1 Å². The molecule has 0 spiro atoms. The number of hydrogen-bond donors (Lipinski definition) is 1. The maximum atomic E-state index is 14.5. The monoisotopic (exact) mass is 611 g/mol. The van der Waals surface area contributed by atoms with Gasteiger partial charge in [-0.2, -0.15) is 0 Å². The summed E-state index contributed by atoms with van der Waals surface area (Å²) >= 11 is 8.79. The summed E-state index contributed by atoms with van der Waals surface area (Å²) in [5.41, 5.74) is 1.25. The Kier molecular flexibility index (Phi) is 8.57. The van der Waals surface area contributed by atoms with Gasteiger partial charge in [0.25, 0.3) is 5.78 Å². The highest BCUT2D eigenvalue weighted by molar-refractivity contribution is 8.00. The number of hydrogen-bond acceptors (Lipinski definition) is 9. The van der Waals surface area contributed by atoms with Gasteiger partial charge in [-0.15, -0.1) is 10.2 Å². The fraction of sp³-hybridized carbons (Fsp3) is 0.172. The number of ketones is 1. The second kappa shape index (κ2) is 12.3. The smallest absolute Gasteiger partial charge is 0.301 e. The molecule has 1 fully saturated rings. The molecular formula is C29H23ClFN3O5S2. The van der Waals surface area contributed by atoms with Crippen LogP contribution in [0, 0.1) is 5.82 Å². The molecule has 1 aliphatic heterocycles. The number of amides is 1. The number of aliphatic hydroxyl groups is 1. The number of aliphatic hydroxyl groups excluding tert-OH is 1. The van der Waals surface area contributed by atoms with Crippen LogP contribution in [-0.4, -0.2) is 40.7 Å². The second-order valence-corrected chi connectivity index (χ2v) is 11.3. The molecule has 210 valence electrons. The molecule has 12 heteroatoms. The van der Waals surface area contributed by atoms with Gasteiger partial charge in [-0.1, -0.05) is 65.0 Å². The minimum absolute atomic E-state index is 0.0190. The summed E-state index contributed by atoms with van der Waals surface area (Å²) in [6.07, 6.45) is 0. The molecule has 0 radical (unpaired) electrons. The number of aromatic nitrogens is 2. The van der Waals surface area contributed by atoms with Gasteiger partial charge in [-0.25, -0.2) is 4.39 Å². The molecule has 0 aliphatic carbocycles. The summed E-state index contributed by atoms with van der Waals surface area (Å²) in [4.78, 5) is 28.0. The molecule has 0 unspecified atom stereocenters. The van der Waals surface area contributed by atoms with Gasteiger partial charge in [-0.05, 0) is 54.4 Å². The topological polar surface area (TPSA) is 102 Å². The van der Waals surface area contributed by atoms with Crippen molar-refractivity contribution in [1.29, 1.82) is 0 Å². The third kappa shape index (κ3) is 5.79. The van der Waals surface area contributed by atoms with Gasteiger partial charge in [0, 0.05) is 16.3 Å². The average molecular weight is 612 g/mol. The van der Waals surface area contributed by atoms with Crippen LogP contribution in [-0.2, 0) is 15.3 Å². The zero-order valence-corrected chi connectivity index (χ0v) is 24.2. The van der Waals surface area contributed by atoms with Crippen molar-refractivity contribution in [3.05, 3.63) is 99.8 Å². The molecule has 1 saturated heterocycles. The lowest BCUT2D eigenvalue weighted by Gasteiger charge is -2.22.